The normalized spacial score (nSPS) is 10.2. The summed E-state index contributed by atoms with van der Waals surface area (Å²) in [5.41, 5.74) is 0.184. The highest BCUT2D eigenvalue weighted by atomic mass is 16.4. The monoisotopic (exact) mass is 240 g/mol. The third-order valence-corrected chi connectivity index (χ3v) is 2.17. The lowest BCUT2D eigenvalue weighted by Gasteiger charge is -2.02. The molecule has 17 heavy (non-hydrogen) atoms. The fraction of sp³-hybridized carbons (Fsp3) is 0.455. The van der Waals surface area contributed by atoms with Crippen molar-refractivity contribution in [2.45, 2.75) is 20.4 Å². The van der Waals surface area contributed by atoms with Crippen molar-refractivity contribution >= 4 is 11.9 Å². The summed E-state index contributed by atoms with van der Waals surface area (Å²) in [5.74, 6) is -0.0940. The Kier molecular flexibility index (Phi) is 4.71. The maximum absolute atomic E-state index is 10.8. The van der Waals surface area contributed by atoms with Gasteiger partial charge in [-0.05, 0) is 13.0 Å². The van der Waals surface area contributed by atoms with Crippen LogP contribution in [-0.2, 0) is 11.3 Å². The van der Waals surface area contributed by atoms with Crippen molar-refractivity contribution in [3.63, 3.8) is 0 Å². The first-order valence-corrected chi connectivity index (χ1v) is 5.28. The molecule has 3 N–H and O–H groups in total. The largest absolute Gasteiger partial charge is 0.478 e. The Labute approximate surface area is 99.0 Å². The summed E-state index contributed by atoms with van der Waals surface area (Å²) in [5, 5.41) is 14.5. The predicted octanol–water partition coefficient (Wildman–Crippen LogP) is 0.512. The fourth-order valence-corrected chi connectivity index (χ4v) is 1.38. The van der Waals surface area contributed by atoms with Crippen LogP contribution in [-0.4, -0.2) is 30.1 Å². The maximum atomic E-state index is 10.8. The van der Waals surface area contributed by atoms with Crippen LogP contribution >= 0.6 is 0 Å². The molecule has 6 nitrogen and oxygen atoms in total. The Hall–Kier alpha value is -1.82. The summed E-state index contributed by atoms with van der Waals surface area (Å²) < 4.78 is 5.27. The topological polar surface area (TPSA) is 91.6 Å². The van der Waals surface area contributed by atoms with Crippen LogP contribution in [0.15, 0.2) is 10.5 Å². The van der Waals surface area contributed by atoms with E-state index < -0.39 is 5.97 Å². The minimum absolute atomic E-state index is 0.0752. The number of nitrogens with one attached hydrogen (secondary N) is 2. The van der Waals surface area contributed by atoms with Gasteiger partial charge in [-0.3, -0.25) is 4.79 Å². The number of hydrogen-bond donors (Lipinski definition) is 3. The van der Waals surface area contributed by atoms with Gasteiger partial charge in [-0.2, -0.15) is 0 Å². The minimum Gasteiger partial charge on any atom is -0.478 e. The van der Waals surface area contributed by atoms with Crippen molar-refractivity contribution < 1.29 is 19.1 Å². The van der Waals surface area contributed by atoms with Crippen LogP contribution in [0.5, 0.6) is 0 Å². The first-order valence-electron chi connectivity index (χ1n) is 5.28. The van der Waals surface area contributed by atoms with Crippen molar-refractivity contribution in [3.05, 3.63) is 23.2 Å². The molecule has 0 radical (unpaired) electrons. The van der Waals surface area contributed by atoms with E-state index in [9.17, 15) is 9.59 Å². The molecule has 94 valence electrons. The molecule has 0 bridgehead atoms. The van der Waals surface area contributed by atoms with E-state index >= 15 is 0 Å². The van der Waals surface area contributed by atoms with Crippen LogP contribution in [0.3, 0.4) is 0 Å². The maximum Gasteiger partial charge on any atom is 0.339 e. The van der Waals surface area contributed by atoms with Gasteiger partial charge in [0, 0.05) is 20.0 Å². The summed E-state index contributed by atoms with van der Waals surface area (Å²) in [7, 11) is 0. The zero-order chi connectivity index (χ0) is 12.8. The van der Waals surface area contributed by atoms with Gasteiger partial charge in [0.2, 0.25) is 5.91 Å². The molecule has 0 saturated heterocycles. The molecule has 1 heterocycles. The molecule has 1 aromatic heterocycles. The number of hydrogen-bond acceptors (Lipinski definition) is 4. The zero-order valence-corrected chi connectivity index (χ0v) is 9.87. The van der Waals surface area contributed by atoms with Gasteiger partial charge in [0.15, 0.2) is 0 Å². The second-order valence-corrected chi connectivity index (χ2v) is 3.65. The molecule has 1 amide bonds. The number of carbonyl (C=O) groups is 2. The molecule has 0 aromatic carbocycles. The number of amides is 1. The first-order chi connectivity index (χ1) is 8.00. The van der Waals surface area contributed by atoms with E-state index in [1.165, 1.54) is 13.0 Å². The standard InChI is InChI=1S/C11H16N2O4/c1-7-10(11(15)16)5-9(17-7)6-12-3-4-13-8(2)14/h5,12H,3-4,6H2,1-2H3,(H,13,14)(H,15,16). The molecule has 0 aliphatic heterocycles. The number of carboxylic acids is 1. The van der Waals surface area contributed by atoms with Crippen LogP contribution in [0.25, 0.3) is 0 Å². The molecule has 6 heteroatoms. The van der Waals surface area contributed by atoms with E-state index in [1.54, 1.807) is 6.92 Å². The fourth-order valence-electron chi connectivity index (χ4n) is 1.38. The Morgan fingerprint density at radius 3 is 2.65 bits per heavy atom. The number of furan rings is 1. The zero-order valence-electron chi connectivity index (χ0n) is 9.87. The van der Waals surface area contributed by atoms with E-state index in [-0.39, 0.29) is 11.5 Å². The molecule has 0 fully saturated rings. The van der Waals surface area contributed by atoms with Crippen LogP contribution in [0.2, 0.25) is 0 Å². The van der Waals surface area contributed by atoms with Gasteiger partial charge < -0.3 is 20.2 Å². The van der Waals surface area contributed by atoms with Crippen molar-refractivity contribution in [2.75, 3.05) is 13.1 Å². The van der Waals surface area contributed by atoms with Crippen molar-refractivity contribution in [1.29, 1.82) is 0 Å². The third kappa shape index (κ3) is 4.28. The lowest BCUT2D eigenvalue weighted by molar-refractivity contribution is -0.118. The Balaban J connectivity index is 2.35. The van der Waals surface area contributed by atoms with E-state index in [2.05, 4.69) is 10.6 Å². The molecule has 0 saturated carbocycles. The summed E-state index contributed by atoms with van der Waals surface area (Å²) in [6.07, 6.45) is 0. The van der Waals surface area contributed by atoms with Crippen LogP contribution in [0, 0.1) is 6.92 Å². The van der Waals surface area contributed by atoms with E-state index in [0.717, 1.165) is 0 Å². The number of carbonyl (C=O) groups excluding carboxylic acids is 1. The molecular weight excluding hydrogens is 224 g/mol. The first kappa shape index (κ1) is 13.2. The highest BCUT2D eigenvalue weighted by molar-refractivity contribution is 5.88. The SMILES string of the molecule is CC(=O)NCCNCc1cc(C(=O)O)c(C)o1. The second kappa shape index (κ2) is 6.05. The quantitative estimate of drug-likeness (QED) is 0.630. The minimum atomic E-state index is -0.990. The van der Waals surface area contributed by atoms with Crippen molar-refractivity contribution in [1.82, 2.24) is 10.6 Å². The number of aryl methyl sites for hydroxylation is 1. The molecule has 0 atom stereocenters. The van der Waals surface area contributed by atoms with Crippen LogP contribution in [0.4, 0.5) is 0 Å². The lowest BCUT2D eigenvalue weighted by atomic mass is 10.2. The van der Waals surface area contributed by atoms with Gasteiger partial charge in [0.1, 0.15) is 17.1 Å². The summed E-state index contributed by atoms with van der Waals surface area (Å²) >= 11 is 0. The summed E-state index contributed by atoms with van der Waals surface area (Å²) in [6, 6.07) is 1.50. The predicted molar refractivity (Wildman–Crippen MR) is 60.8 cm³/mol. The molecule has 0 aliphatic rings. The van der Waals surface area contributed by atoms with E-state index in [0.29, 0.717) is 31.2 Å². The van der Waals surface area contributed by atoms with Crippen LogP contribution in [0.1, 0.15) is 28.8 Å². The smallest absolute Gasteiger partial charge is 0.339 e. The van der Waals surface area contributed by atoms with Gasteiger partial charge in [-0.25, -0.2) is 4.79 Å². The highest BCUT2D eigenvalue weighted by Crippen LogP contribution is 2.14. The number of aromatic carboxylic acids is 1. The lowest BCUT2D eigenvalue weighted by Crippen LogP contribution is -2.29. The van der Waals surface area contributed by atoms with Gasteiger partial charge >= 0.3 is 5.97 Å². The highest BCUT2D eigenvalue weighted by Gasteiger charge is 2.12. The molecule has 0 unspecified atom stereocenters. The number of carboxylic acid groups (broad SMARTS) is 1. The summed E-state index contributed by atoms with van der Waals surface area (Å²) in [4.78, 5) is 21.3. The van der Waals surface area contributed by atoms with Crippen LogP contribution < -0.4 is 10.6 Å². The van der Waals surface area contributed by atoms with Crippen molar-refractivity contribution in [3.8, 4) is 0 Å². The second-order valence-electron chi connectivity index (χ2n) is 3.65. The van der Waals surface area contributed by atoms with Gasteiger partial charge in [-0.1, -0.05) is 0 Å². The average Bonchev–Trinajstić information content (AvgIpc) is 2.59. The van der Waals surface area contributed by atoms with Gasteiger partial charge in [0.25, 0.3) is 0 Å². The molecule has 1 aromatic rings. The third-order valence-electron chi connectivity index (χ3n) is 2.17. The number of rotatable bonds is 6. The molecule has 1 rings (SSSR count). The Morgan fingerprint density at radius 1 is 1.41 bits per heavy atom. The van der Waals surface area contributed by atoms with Crippen molar-refractivity contribution in [2.24, 2.45) is 0 Å². The van der Waals surface area contributed by atoms with E-state index in [1.807, 2.05) is 0 Å². The Morgan fingerprint density at radius 2 is 2.12 bits per heavy atom. The average molecular weight is 240 g/mol. The molecule has 0 spiro atoms. The van der Waals surface area contributed by atoms with Gasteiger partial charge in [-0.15, -0.1) is 0 Å². The Bertz CT molecular complexity index is 412. The van der Waals surface area contributed by atoms with E-state index in [4.69, 9.17) is 9.52 Å². The van der Waals surface area contributed by atoms with Gasteiger partial charge in [0.05, 0.1) is 6.54 Å². The molecule has 0 aliphatic carbocycles. The summed E-state index contributed by atoms with van der Waals surface area (Å²) in [6.45, 7) is 4.63. The molecular formula is C11H16N2O4.